The smallest absolute Gasteiger partial charge is 0.0852 e. The minimum Gasteiger partial charge on any atom is -0.388 e. The van der Waals surface area contributed by atoms with Gasteiger partial charge in [0.15, 0.2) is 0 Å². The highest BCUT2D eigenvalue weighted by Gasteiger charge is 2.20. The number of methoxy groups -OCH3 is 1. The van der Waals surface area contributed by atoms with Gasteiger partial charge in [0.2, 0.25) is 0 Å². The van der Waals surface area contributed by atoms with Crippen molar-refractivity contribution in [2.75, 3.05) is 20.3 Å². The summed E-state index contributed by atoms with van der Waals surface area (Å²) < 4.78 is 5.25. The van der Waals surface area contributed by atoms with E-state index in [1.165, 1.54) is 5.56 Å². The van der Waals surface area contributed by atoms with Gasteiger partial charge in [-0.1, -0.05) is 60.7 Å². The molecule has 0 aromatic heterocycles. The lowest BCUT2D eigenvalue weighted by molar-refractivity contribution is 0.0470. The normalized spacial score (nSPS) is 13.8. The largest absolute Gasteiger partial charge is 0.388 e. The van der Waals surface area contributed by atoms with E-state index in [2.05, 4.69) is 17.4 Å². The number of aliphatic hydroxyl groups is 1. The maximum Gasteiger partial charge on any atom is 0.0852 e. The molecule has 112 valence electrons. The molecule has 0 aliphatic heterocycles. The van der Waals surface area contributed by atoms with Crippen LogP contribution in [0.1, 0.15) is 17.2 Å². The summed E-state index contributed by atoms with van der Waals surface area (Å²) in [5.41, 5.74) is 2.17. The number of hydrogen-bond acceptors (Lipinski definition) is 3. The molecule has 0 radical (unpaired) electrons. The summed E-state index contributed by atoms with van der Waals surface area (Å²) in [6.07, 6.45) is -0.519. The van der Waals surface area contributed by atoms with E-state index in [0.717, 1.165) is 12.1 Å². The SMILES string of the molecule is COC[C@@H](CNCc1ccccc1)C(O)c1ccccc1. The lowest BCUT2D eigenvalue weighted by Gasteiger charge is -2.23. The predicted octanol–water partition coefficient (Wildman–Crippen LogP) is 2.77. The molecule has 0 spiro atoms. The van der Waals surface area contributed by atoms with Crippen molar-refractivity contribution >= 4 is 0 Å². The van der Waals surface area contributed by atoms with Crippen molar-refractivity contribution in [1.29, 1.82) is 0 Å². The van der Waals surface area contributed by atoms with Crippen LogP contribution >= 0.6 is 0 Å². The monoisotopic (exact) mass is 285 g/mol. The van der Waals surface area contributed by atoms with Gasteiger partial charge in [-0.25, -0.2) is 0 Å². The lowest BCUT2D eigenvalue weighted by Crippen LogP contribution is -2.30. The summed E-state index contributed by atoms with van der Waals surface area (Å²) in [6.45, 7) is 2.03. The van der Waals surface area contributed by atoms with Crippen LogP contribution in [0.3, 0.4) is 0 Å². The molecule has 0 amide bonds. The van der Waals surface area contributed by atoms with Gasteiger partial charge in [0, 0.05) is 26.1 Å². The van der Waals surface area contributed by atoms with Crippen molar-refractivity contribution in [2.24, 2.45) is 5.92 Å². The first-order chi connectivity index (χ1) is 10.3. The van der Waals surface area contributed by atoms with Gasteiger partial charge >= 0.3 is 0 Å². The van der Waals surface area contributed by atoms with Crippen molar-refractivity contribution < 1.29 is 9.84 Å². The zero-order valence-electron chi connectivity index (χ0n) is 12.4. The minimum atomic E-state index is -0.519. The number of ether oxygens (including phenoxy) is 1. The molecule has 21 heavy (non-hydrogen) atoms. The van der Waals surface area contributed by atoms with E-state index in [4.69, 9.17) is 4.74 Å². The van der Waals surface area contributed by atoms with E-state index >= 15 is 0 Å². The Bertz CT molecular complexity index is 501. The second-order valence-corrected chi connectivity index (χ2v) is 5.19. The van der Waals surface area contributed by atoms with Gasteiger partial charge in [-0.15, -0.1) is 0 Å². The summed E-state index contributed by atoms with van der Waals surface area (Å²) in [4.78, 5) is 0. The molecule has 0 heterocycles. The number of nitrogens with one attached hydrogen (secondary N) is 1. The predicted molar refractivity (Wildman–Crippen MR) is 84.9 cm³/mol. The fraction of sp³-hybridized carbons (Fsp3) is 0.333. The maximum absolute atomic E-state index is 10.5. The van der Waals surface area contributed by atoms with Crippen LogP contribution in [0.2, 0.25) is 0 Å². The first-order valence-electron chi connectivity index (χ1n) is 7.28. The van der Waals surface area contributed by atoms with Crippen LogP contribution in [0.15, 0.2) is 60.7 Å². The molecular formula is C18H23NO2. The van der Waals surface area contributed by atoms with Gasteiger partial charge in [0.25, 0.3) is 0 Å². The number of hydrogen-bond donors (Lipinski definition) is 2. The number of aliphatic hydroxyl groups excluding tert-OH is 1. The van der Waals surface area contributed by atoms with Gasteiger partial charge in [-0.2, -0.15) is 0 Å². The molecule has 0 saturated heterocycles. The van der Waals surface area contributed by atoms with Gasteiger partial charge in [0.1, 0.15) is 0 Å². The summed E-state index contributed by atoms with van der Waals surface area (Å²) in [6, 6.07) is 20.0. The molecule has 3 heteroatoms. The van der Waals surface area contributed by atoms with E-state index in [1.54, 1.807) is 7.11 Å². The molecule has 0 fully saturated rings. The third-order valence-corrected chi connectivity index (χ3v) is 3.55. The Balaban J connectivity index is 1.89. The van der Waals surface area contributed by atoms with Crippen LogP contribution < -0.4 is 5.32 Å². The molecule has 0 aliphatic rings. The Morgan fingerprint density at radius 1 is 1.00 bits per heavy atom. The number of rotatable bonds is 8. The van der Waals surface area contributed by atoms with E-state index in [1.807, 2.05) is 48.5 Å². The average Bonchev–Trinajstić information content (AvgIpc) is 2.55. The van der Waals surface area contributed by atoms with Gasteiger partial charge < -0.3 is 15.2 Å². The van der Waals surface area contributed by atoms with Crippen LogP contribution in [0, 0.1) is 5.92 Å². The van der Waals surface area contributed by atoms with Crippen LogP contribution in [0.5, 0.6) is 0 Å². The Hall–Kier alpha value is -1.68. The Kier molecular flexibility index (Phi) is 6.41. The van der Waals surface area contributed by atoms with E-state index < -0.39 is 6.10 Å². The van der Waals surface area contributed by atoms with Gasteiger partial charge in [-0.3, -0.25) is 0 Å². The van der Waals surface area contributed by atoms with E-state index in [0.29, 0.717) is 13.2 Å². The molecule has 2 rings (SSSR count). The van der Waals surface area contributed by atoms with E-state index in [9.17, 15) is 5.11 Å². The Morgan fingerprint density at radius 3 is 2.24 bits per heavy atom. The first-order valence-corrected chi connectivity index (χ1v) is 7.28. The summed E-state index contributed by atoms with van der Waals surface area (Å²) >= 11 is 0. The van der Waals surface area contributed by atoms with Crippen molar-refractivity contribution in [3.63, 3.8) is 0 Å². The summed E-state index contributed by atoms with van der Waals surface area (Å²) in [5.74, 6) is 0.0288. The summed E-state index contributed by atoms with van der Waals surface area (Å²) in [5, 5.41) is 13.9. The molecule has 3 nitrogen and oxygen atoms in total. The average molecular weight is 285 g/mol. The van der Waals surface area contributed by atoms with Crippen LogP contribution in [-0.2, 0) is 11.3 Å². The topological polar surface area (TPSA) is 41.5 Å². The van der Waals surface area contributed by atoms with Crippen LogP contribution in [-0.4, -0.2) is 25.4 Å². The molecule has 0 saturated carbocycles. The quantitative estimate of drug-likeness (QED) is 0.783. The third-order valence-electron chi connectivity index (χ3n) is 3.55. The zero-order valence-corrected chi connectivity index (χ0v) is 12.4. The van der Waals surface area contributed by atoms with Gasteiger partial charge in [-0.05, 0) is 11.1 Å². The minimum absolute atomic E-state index is 0.0288. The first kappa shape index (κ1) is 15.7. The number of benzene rings is 2. The molecule has 2 N–H and O–H groups in total. The fourth-order valence-corrected chi connectivity index (χ4v) is 2.40. The molecule has 2 atom stereocenters. The standard InChI is InChI=1S/C18H23NO2/c1-21-14-17(18(20)16-10-6-3-7-11-16)13-19-12-15-8-4-2-5-9-15/h2-11,17-20H,12-14H2,1H3/t17-,18?/m1/s1. The molecule has 0 aliphatic carbocycles. The van der Waals surface area contributed by atoms with Crippen molar-refractivity contribution in [1.82, 2.24) is 5.32 Å². The van der Waals surface area contributed by atoms with Crippen molar-refractivity contribution in [2.45, 2.75) is 12.6 Å². The highest BCUT2D eigenvalue weighted by atomic mass is 16.5. The van der Waals surface area contributed by atoms with Crippen molar-refractivity contribution in [3.8, 4) is 0 Å². The van der Waals surface area contributed by atoms with Gasteiger partial charge in [0.05, 0.1) is 12.7 Å². The lowest BCUT2D eigenvalue weighted by atomic mass is 9.96. The molecule has 2 aromatic rings. The third kappa shape index (κ3) is 4.97. The molecule has 0 bridgehead atoms. The maximum atomic E-state index is 10.5. The zero-order chi connectivity index (χ0) is 14.9. The molecular weight excluding hydrogens is 262 g/mol. The van der Waals surface area contributed by atoms with Crippen LogP contribution in [0.4, 0.5) is 0 Å². The van der Waals surface area contributed by atoms with Crippen molar-refractivity contribution in [3.05, 3.63) is 71.8 Å². The second kappa shape index (κ2) is 8.57. The molecule has 2 aromatic carbocycles. The fourth-order valence-electron chi connectivity index (χ4n) is 2.40. The molecule has 1 unspecified atom stereocenters. The van der Waals surface area contributed by atoms with E-state index in [-0.39, 0.29) is 5.92 Å². The highest BCUT2D eigenvalue weighted by molar-refractivity contribution is 5.18. The second-order valence-electron chi connectivity index (χ2n) is 5.19. The summed E-state index contributed by atoms with van der Waals surface area (Å²) in [7, 11) is 1.67. The van der Waals surface area contributed by atoms with Crippen LogP contribution in [0.25, 0.3) is 0 Å². The highest BCUT2D eigenvalue weighted by Crippen LogP contribution is 2.21. The Labute approximate surface area is 126 Å². The Morgan fingerprint density at radius 2 is 1.62 bits per heavy atom.